The number of benzene rings is 2. The van der Waals surface area contributed by atoms with Gasteiger partial charge in [0.25, 0.3) is 5.91 Å². The summed E-state index contributed by atoms with van der Waals surface area (Å²) in [5, 5.41) is 3.22. The standard InChI is InChI=1S/C28H37N3O2/c1-30(24-12-6-3-7-13-24)28(33)25-14-8-9-15-26(25)31-20-18-23(19-21-31)29-27(32)17-16-22-10-4-2-5-11-22/h2,4-5,8-11,14-15,23-24H,3,6-7,12-13,16-21H2,1H3,(H,29,32). The van der Waals surface area contributed by atoms with Crippen molar-refractivity contribution in [2.45, 2.75) is 69.9 Å². The van der Waals surface area contributed by atoms with Crippen molar-refractivity contribution in [2.75, 3.05) is 25.0 Å². The van der Waals surface area contributed by atoms with Crippen LogP contribution in [0.2, 0.25) is 0 Å². The van der Waals surface area contributed by atoms with E-state index in [1.807, 2.05) is 48.3 Å². The molecule has 0 bridgehead atoms. The molecule has 0 radical (unpaired) electrons. The van der Waals surface area contributed by atoms with Crippen molar-refractivity contribution in [2.24, 2.45) is 0 Å². The first-order chi connectivity index (χ1) is 16.1. The minimum atomic E-state index is 0.127. The lowest BCUT2D eigenvalue weighted by molar-refractivity contribution is -0.121. The van der Waals surface area contributed by atoms with E-state index in [0.717, 1.165) is 56.4 Å². The zero-order chi connectivity index (χ0) is 23.0. The Bertz CT molecular complexity index is 916. The maximum atomic E-state index is 13.3. The second kappa shape index (κ2) is 11.4. The Labute approximate surface area is 198 Å². The van der Waals surface area contributed by atoms with Crippen LogP contribution in [-0.4, -0.2) is 48.9 Å². The van der Waals surface area contributed by atoms with E-state index in [9.17, 15) is 9.59 Å². The van der Waals surface area contributed by atoms with Gasteiger partial charge in [0.05, 0.1) is 5.56 Å². The monoisotopic (exact) mass is 447 g/mol. The van der Waals surface area contributed by atoms with E-state index in [2.05, 4.69) is 28.4 Å². The zero-order valence-corrected chi connectivity index (χ0v) is 19.8. The molecular weight excluding hydrogens is 410 g/mol. The maximum Gasteiger partial charge on any atom is 0.255 e. The molecule has 0 spiro atoms. The first-order valence-electron chi connectivity index (χ1n) is 12.6. The van der Waals surface area contributed by atoms with E-state index in [1.165, 1.54) is 24.8 Å². The van der Waals surface area contributed by atoms with Gasteiger partial charge in [-0.15, -0.1) is 0 Å². The fraction of sp³-hybridized carbons (Fsp3) is 0.500. The molecule has 5 nitrogen and oxygen atoms in total. The summed E-state index contributed by atoms with van der Waals surface area (Å²) in [6.45, 7) is 1.70. The van der Waals surface area contributed by atoms with Crippen LogP contribution in [0.4, 0.5) is 5.69 Å². The minimum Gasteiger partial charge on any atom is -0.371 e. The van der Waals surface area contributed by atoms with E-state index in [4.69, 9.17) is 0 Å². The molecular formula is C28H37N3O2. The van der Waals surface area contributed by atoms with Gasteiger partial charge in [0.1, 0.15) is 0 Å². The van der Waals surface area contributed by atoms with Gasteiger partial charge in [-0.25, -0.2) is 0 Å². The van der Waals surface area contributed by atoms with Gasteiger partial charge in [0, 0.05) is 44.3 Å². The summed E-state index contributed by atoms with van der Waals surface area (Å²) in [5.74, 6) is 0.260. The number of rotatable bonds is 7. The van der Waals surface area contributed by atoms with Crippen molar-refractivity contribution in [3.8, 4) is 0 Å². The predicted molar refractivity (Wildman–Crippen MR) is 134 cm³/mol. The van der Waals surface area contributed by atoms with Crippen LogP contribution in [0, 0.1) is 0 Å². The third-order valence-electron chi connectivity index (χ3n) is 7.26. The number of carbonyl (C=O) groups is 2. The number of nitrogens with zero attached hydrogens (tertiary/aromatic N) is 2. The summed E-state index contributed by atoms with van der Waals surface area (Å²) in [6.07, 6.45) is 9.04. The van der Waals surface area contributed by atoms with Crippen LogP contribution in [0.5, 0.6) is 0 Å². The fourth-order valence-electron chi connectivity index (χ4n) is 5.22. The summed E-state index contributed by atoms with van der Waals surface area (Å²) >= 11 is 0. The number of hydrogen-bond donors (Lipinski definition) is 1. The number of hydrogen-bond acceptors (Lipinski definition) is 3. The number of amides is 2. The average molecular weight is 448 g/mol. The minimum absolute atomic E-state index is 0.127. The zero-order valence-electron chi connectivity index (χ0n) is 19.8. The molecule has 1 heterocycles. The molecule has 0 unspecified atom stereocenters. The SMILES string of the molecule is CN(C(=O)c1ccccc1N1CCC(NC(=O)CCc2ccccc2)CC1)C1CCCCC1. The second-order valence-electron chi connectivity index (χ2n) is 9.54. The molecule has 1 aliphatic carbocycles. The first-order valence-corrected chi connectivity index (χ1v) is 12.6. The Morgan fingerprint density at radius 3 is 2.30 bits per heavy atom. The Kier molecular flexibility index (Phi) is 8.03. The van der Waals surface area contributed by atoms with Crippen LogP contribution in [-0.2, 0) is 11.2 Å². The summed E-state index contributed by atoms with van der Waals surface area (Å²) in [5.41, 5.74) is 3.02. The topological polar surface area (TPSA) is 52.7 Å². The van der Waals surface area contributed by atoms with Crippen LogP contribution < -0.4 is 10.2 Å². The molecule has 5 heteroatoms. The molecule has 33 heavy (non-hydrogen) atoms. The van der Waals surface area contributed by atoms with Gasteiger partial charge in [0.15, 0.2) is 0 Å². The van der Waals surface area contributed by atoms with Crippen molar-refractivity contribution in [1.82, 2.24) is 10.2 Å². The smallest absolute Gasteiger partial charge is 0.255 e. The highest BCUT2D eigenvalue weighted by Crippen LogP contribution is 2.28. The quantitative estimate of drug-likeness (QED) is 0.663. The van der Waals surface area contributed by atoms with Crippen molar-refractivity contribution in [3.05, 3.63) is 65.7 Å². The maximum absolute atomic E-state index is 13.3. The summed E-state index contributed by atoms with van der Waals surface area (Å²) in [6, 6.07) is 18.7. The molecule has 1 saturated heterocycles. The summed E-state index contributed by atoms with van der Waals surface area (Å²) in [4.78, 5) is 30.1. The highest BCUT2D eigenvalue weighted by molar-refractivity contribution is 6.00. The van der Waals surface area contributed by atoms with Gasteiger partial charge in [-0.3, -0.25) is 9.59 Å². The van der Waals surface area contributed by atoms with Gasteiger partial charge in [-0.1, -0.05) is 61.7 Å². The molecule has 1 aliphatic heterocycles. The van der Waals surface area contributed by atoms with Crippen LogP contribution in [0.1, 0.15) is 67.3 Å². The van der Waals surface area contributed by atoms with E-state index in [-0.39, 0.29) is 17.9 Å². The Morgan fingerprint density at radius 2 is 1.58 bits per heavy atom. The largest absolute Gasteiger partial charge is 0.371 e. The number of anilines is 1. The van der Waals surface area contributed by atoms with Crippen molar-refractivity contribution >= 4 is 17.5 Å². The number of aryl methyl sites for hydroxylation is 1. The number of nitrogens with one attached hydrogen (secondary N) is 1. The third kappa shape index (κ3) is 6.16. The highest BCUT2D eigenvalue weighted by atomic mass is 16.2. The molecule has 2 fully saturated rings. The number of carbonyl (C=O) groups excluding carboxylic acids is 2. The lowest BCUT2D eigenvalue weighted by Gasteiger charge is -2.36. The highest BCUT2D eigenvalue weighted by Gasteiger charge is 2.27. The molecule has 0 aromatic heterocycles. The molecule has 1 saturated carbocycles. The van der Waals surface area contributed by atoms with Crippen LogP contribution >= 0.6 is 0 Å². The lowest BCUT2D eigenvalue weighted by Crippen LogP contribution is -2.45. The molecule has 2 aromatic rings. The fourth-order valence-corrected chi connectivity index (χ4v) is 5.22. The second-order valence-corrected chi connectivity index (χ2v) is 9.54. The van der Waals surface area contributed by atoms with E-state index in [0.29, 0.717) is 12.5 Å². The van der Waals surface area contributed by atoms with Gasteiger partial charge < -0.3 is 15.1 Å². The van der Waals surface area contributed by atoms with Gasteiger partial charge >= 0.3 is 0 Å². The molecule has 2 aliphatic rings. The molecule has 0 atom stereocenters. The Balaban J connectivity index is 1.30. The molecule has 176 valence electrons. The van der Waals surface area contributed by atoms with Crippen LogP contribution in [0.15, 0.2) is 54.6 Å². The van der Waals surface area contributed by atoms with Gasteiger partial charge in [-0.05, 0) is 49.8 Å². The third-order valence-corrected chi connectivity index (χ3v) is 7.26. The number of para-hydroxylation sites is 1. The van der Waals surface area contributed by atoms with E-state index >= 15 is 0 Å². The predicted octanol–water partition coefficient (Wildman–Crippen LogP) is 4.81. The van der Waals surface area contributed by atoms with Gasteiger partial charge in [-0.2, -0.15) is 0 Å². The number of piperidine rings is 1. The molecule has 4 rings (SSSR count). The van der Waals surface area contributed by atoms with Crippen LogP contribution in [0.3, 0.4) is 0 Å². The normalized spacial score (nSPS) is 17.5. The molecule has 2 aromatic carbocycles. The van der Waals surface area contributed by atoms with E-state index in [1.54, 1.807) is 0 Å². The van der Waals surface area contributed by atoms with Crippen molar-refractivity contribution < 1.29 is 9.59 Å². The summed E-state index contributed by atoms with van der Waals surface area (Å²) in [7, 11) is 1.96. The Morgan fingerprint density at radius 1 is 0.909 bits per heavy atom. The molecule has 2 amide bonds. The van der Waals surface area contributed by atoms with Crippen LogP contribution in [0.25, 0.3) is 0 Å². The molecule has 1 N–H and O–H groups in total. The average Bonchev–Trinajstić information content (AvgIpc) is 2.88. The van der Waals surface area contributed by atoms with E-state index < -0.39 is 0 Å². The first kappa shape index (κ1) is 23.3. The summed E-state index contributed by atoms with van der Waals surface area (Å²) < 4.78 is 0. The lowest BCUT2D eigenvalue weighted by atomic mass is 9.94. The van der Waals surface area contributed by atoms with Crippen molar-refractivity contribution in [1.29, 1.82) is 0 Å². The Hall–Kier alpha value is -2.82. The van der Waals surface area contributed by atoms with Crippen molar-refractivity contribution in [3.63, 3.8) is 0 Å². The van der Waals surface area contributed by atoms with Gasteiger partial charge in [0.2, 0.25) is 5.91 Å².